The maximum absolute atomic E-state index is 12.6. The number of hydrogen-bond donors (Lipinski definition) is 2. The van der Waals surface area contributed by atoms with Gasteiger partial charge in [-0.1, -0.05) is 102 Å². The third-order valence-corrected chi connectivity index (χ3v) is 9.33. The molecule has 0 amide bonds. The first-order valence-corrected chi connectivity index (χ1v) is 19.6. The molecule has 12 atom stereocenters. The van der Waals surface area contributed by atoms with Gasteiger partial charge in [0.25, 0.3) is 0 Å². The molecule has 0 aliphatic carbocycles. The van der Waals surface area contributed by atoms with E-state index in [1.54, 1.807) is 64.1 Å². The van der Waals surface area contributed by atoms with Crippen molar-refractivity contribution in [3.8, 4) is 11.5 Å². The Morgan fingerprint density at radius 3 is 1.20 bits per heavy atom. The van der Waals surface area contributed by atoms with Crippen molar-refractivity contribution in [2.45, 2.75) is 154 Å². The fourth-order valence-electron chi connectivity index (χ4n) is 6.41. The van der Waals surface area contributed by atoms with Gasteiger partial charge in [-0.25, -0.2) is 0 Å². The summed E-state index contributed by atoms with van der Waals surface area (Å²) in [5.74, 6) is -0.284. The van der Waals surface area contributed by atoms with Crippen LogP contribution in [-0.2, 0) is 90.5 Å². The Bertz CT molecular complexity index is 1510. The minimum absolute atomic E-state index is 0. The molecular formula is C42H60Cu3N2O14. The van der Waals surface area contributed by atoms with E-state index in [4.69, 9.17) is 38.6 Å². The van der Waals surface area contributed by atoms with E-state index in [9.17, 15) is 30.6 Å². The number of aliphatic hydroxyl groups excluding tert-OH is 2. The third-order valence-electron chi connectivity index (χ3n) is 9.33. The van der Waals surface area contributed by atoms with Gasteiger partial charge in [0.1, 0.15) is 24.7 Å². The molecule has 61 heavy (non-hydrogen) atoms. The monoisotopic (exact) mass is 1010 g/mol. The van der Waals surface area contributed by atoms with Gasteiger partial charge >= 0.3 is 51.2 Å². The molecule has 3 radical (unpaired) electrons. The Hall–Kier alpha value is -1.54. The summed E-state index contributed by atoms with van der Waals surface area (Å²) >= 11 is 0. The molecule has 4 aliphatic rings. The number of nitrogens with zero attached hydrogens (tertiary/aromatic N) is 2. The molecule has 2 aromatic rings. The van der Waals surface area contributed by atoms with Gasteiger partial charge in [0.05, 0.1) is 25.4 Å². The molecular weight excluding hydrogens is 947 g/mol. The molecule has 4 fully saturated rings. The van der Waals surface area contributed by atoms with Crippen molar-refractivity contribution in [2.24, 2.45) is 9.98 Å². The van der Waals surface area contributed by atoms with Crippen molar-refractivity contribution >= 4 is 12.4 Å². The topological polar surface area (TPSA) is 259 Å². The number of hydrogen-bond acceptors (Lipinski definition) is 16. The summed E-state index contributed by atoms with van der Waals surface area (Å²) in [6.07, 6.45) is -9.93. The van der Waals surface area contributed by atoms with E-state index in [2.05, 4.69) is 9.98 Å². The number of rotatable bonds is 4. The minimum Gasteiger partial charge on any atom is -0.872 e. The Balaban J connectivity index is 0.00000100. The summed E-state index contributed by atoms with van der Waals surface area (Å²) in [6.45, 7) is 19.3. The SMILES string of the molecule is CCO.CCO.C[C@@H]1OC[C@H]2O[C@@H](/N=C/c3cccc(C(C)(C)C)c3[O-])[C@H]([O-])[C@@H]([O-])[C@@H]2O1.C[C@@H]1OC[C@H]2O[C@@H](/N=C/c3cccc(C(C)(C)C)c3[O-])[C@H]([O-])[C@@H]([O-])[C@@H]2O1.[Cu+2].[Cu+2].[Cu+2]. The first kappa shape index (κ1) is 59.5. The number of para-hydroxylation sites is 2. The fraction of sp³-hybridized carbons (Fsp3) is 0.667. The van der Waals surface area contributed by atoms with Crippen LogP contribution in [0.1, 0.15) is 91.5 Å². The average molecular weight is 1010 g/mol. The van der Waals surface area contributed by atoms with Gasteiger partial charge in [-0.3, -0.25) is 9.98 Å². The Kier molecular flexibility index (Phi) is 26.4. The van der Waals surface area contributed by atoms with E-state index in [1.165, 1.54) is 12.4 Å². The molecule has 0 unspecified atom stereocenters. The zero-order valence-electron chi connectivity index (χ0n) is 36.0. The van der Waals surface area contributed by atoms with Crippen molar-refractivity contribution in [2.75, 3.05) is 26.4 Å². The summed E-state index contributed by atoms with van der Waals surface area (Å²) < 4.78 is 32.7. The van der Waals surface area contributed by atoms with Crippen LogP contribution in [0.15, 0.2) is 46.4 Å². The van der Waals surface area contributed by atoms with E-state index in [0.29, 0.717) is 22.3 Å². The molecule has 19 heteroatoms. The van der Waals surface area contributed by atoms with E-state index in [0.717, 1.165) is 0 Å². The number of aliphatic imine (C=N–C) groups is 2. The molecule has 355 valence electrons. The van der Waals surface area contributed by atoms with Crippen molar-refractivity contribution < 1.29 is 120 Å². The van der Waals surface area contributed by atoms with Gasteiger partial charge in [0, 0.05) is 25.6 Å². The number of ether oxygens (including phenoxy) is 6. The van der Waals surface area contributed by atoms with Crippen LogP contribution in [0, 0.1) is 0 Å². The van der Waals surface area contributed by atoms with Crippen LogP contribution < -0.4 is 30.6 Å². The number of fused-ring (bicyclic) bond motifs is 2. The smallest absolute Gasteiger partial charge is 0.872 e. The van der Waals surface area contributed by atoms with E-state index >= 15 is 0 Å². The molecule has 4 saturated heterocycles. The maximum Gasteiger partial charge on any atom is 2.00 e. The second-order valence-electron chi connectivity index (χ2n) is 16.1. The molecule has 16 nitrogen and oxygen atoms in total. The molecule has 6 rings (SSSR count). The molecule has 4 heterocycles. The Labute approximate surface area is 391 Å². The maximum atomic E-state index is 12.6. The van der Waals surface area contributed by atoms with Crippen LogP contribution in [0.4, 0.5) is 0 Å². The summed E-state index contributed by atoms with van der Waals surface area (Å²) in [7, 11) is 0. The van der Waals surface area contributed by atoms with Crippen molar-refractivity contribution in [1.29, 1.82) is 0 Å². The van der Waals surface area contributed by atoms with Crippen molar-refractivity contribution in [3.05, 3.63) is 58.7 Å². The second kappa shape index (κ2) is 27.1. The normalized spacial score (nSPS) is 30.8. The van der Waals surface area contributed by atoms with Crippen LogP contribution in [0.3, 0.4) is 0 Å². The number of benzene rings is 2. The fourth-order valence-corrected chi connectivity index (χ4v) is 6.41. The molecule has 0 aromatic heterocycles. The first-order chi connectivity index (χ1) is 27.2. The largest absolute Gasteiger partial charge is 2.00 e. The average Bonchev–Trinajstić information content (AvgIpc) is 3.15. The Morgan fingerprint density at radius 1 is 0.590 bits per heavy atom. The van der Waals surface area contributed by atoms with E-state index in [1.807, 2.05) is 41.5 Å². The van der Waals surface area contributed by atoms with E-state index in [-0.39, 0.29) is 100.0 Å². The summed E-state index contributed by atoms with van der Waals surface area (Å²) in [4.78, 5) is 8.22. The van der Waals surface area contributed by atoms with Crippen LogP contribution in [-0.4, -0.2) is 123 Å². The summed E-state index contributed by atoms with van der Waals surface area (Å²) in [6, 6.07) is 10.4. The third kappa shape index (κ3) is 16.4. The quantitative estimate of drug-likeness (QED) is 0.271. The predicted molar refractivity (Wildman–Crippen MR) is 203 cm³/mol. The molecule has 2 N–H and O–H groups in total. The van der Waals surface area contributed by atoms with Gasteiger partial charge in [-0.05, 0) is 60.8 Å². The van der Waals surface area contributed by atoms with Crippen LogP contribution in [0.5, 0.6) is 11.5 Å². The number of aliphatic hydroxyl groups is 2. The van der Waals surface area contributed by atoms with Crippen molar-refractivity contribution in [3.63, 3.8) is 0 Å². The molecule has 0 saturated carbocycles. The van der Waals surface area contributed by atoms with Crippen LogP contribution in [0.25, 0.3) is 0 Å². The molecule has 4 aliphatic heterocycles. The van der Waals surface area contributed by atoms with E-state index < -0.39 is 73.9 Å². The Morgan fingerprint density at radius 2 is 0.902 bits per heavy atom. The van der Waals surface area contributed by atoms with Gasteiger partial charge in [-0.2, -0.15) is 0 Å². The van der Waals surface area contributed by atoms with Crippen LogP contribution in [0.2, 0.25) is 0 Å². The van der Waals surface area contributed by atoms with Gasteiger partial charge in [0.15, 0.2) is 12.6 Å². The van der Waals surface area contributed by atoms with Gasteiger partial charge in [-0.15, -0.1) is 12.2 Å². The molecule has 0 bridgehead atoms. The zero-order valence-corrected chi connectivity index (χ0v) is 38.8. The van der Waals surface area contributed by atoms with Crippen LogP contribution >= 0.6 is 0 Å². The molecule has 0 spiro atoms. The zero-order chi connectivity index (χ0) is 43.5. The minimum atomic E-state index is -1.61. The first-order valence-electron chi connectivity index (χ1n) is 19.6. The molecule has 2 aromatic carbocycles. The predicted octanol–water partition coefficient (Wildman–Crippen LogP) is -1.17. The summed E-state index contributed by atoms with van der Waals surface area (Å²) in [5, 5.41) is 89.7. The second-order valence-corrected chi connectivity index (χ2v) is 16.1. The standard InChI is InChI=1S/2C19H25NO6.2C2H6O.3Cu/c2*1-10-24-9-13-17(25-10)15(22)16(23)18(26-13)20-8-11-6-5-7-12(14(11)21)19(2,3)4;2*1-2-3;;;/h2*5-8,10,13,15-18,21H,9H2,1-4H3;2*3H,2H2,1H3;;;/q2*-2;;;3*+2/p-2/b2*20-8+;;;;;/t2*10-,13-,15-,16-,17-,18-;;;;;/m11...../s1. The van der Waals surface area contributed by atoms with Gasteiger partial charge in [0.2, 0.25) is 0 Å². The summed E-state index contributed by atoms with van der Waals surface area (Å²) in [5.41, 5.74) is 1.45. The van der Waals surface area contributed by atoms with Crippen molar-refractivity contribution in [1.82, 2.24) is 0 Å². The van der Waals surface area contributed by atoms with Gasteiger partial charge < -0.3 is 69.3 Å².